The molecule has 1 aromatic carbocycles. The molecule has 0 spiro atoms. The van der Waals surface area contributed by atoms with Crippen LogP contribution in [0.15, 0.2) is 29.3 Å². The molecule has 2 N–H and O–H groups in total. The molecule has 1 aliphatic rings. The van der Waals surface area contributed by atoms with Crippen molar-refractivity contribution >= 4 is 17.6 Å². The standard InChI is InChI=1S/C19H30ClN3O2/c1-3-21-19(23(2)11-8-15-9-12-25-13-10-15)22-14-18(24)16-4-6-17(20)7-5-16/h4-7,15,18,24H,3,8-14H2,1-2H3,(H,21,22). The molecule has 0 amide bonds. The zero-order valence-electron chi connectivity index (χ0n) is 15.2. The van der Waals surface area contributed by atoms with Gasteiger partial charge in [-0.1, -0.05) is 23.7 Å². The van der Waals surface area contributed by atoms with E-state index in [4.69, 9.17) is 16.3 Å². The quantitative estimate of drug-likeness (QED) is 0.574. The van der Waals surface area contributed by atoms with Gasteiger partial charge in [-0.2, -0.15) is 0 Å². The predicted octanol–water partition coefficient (Wildman–Crippen LogP) is 3.09. The summed E-state index contributed by atoms with van der Waals surface area (Å²) in [7, 11) is 2.05. The van der Waals surface area contributed by atoms with E-state index in [0.29, 0.717) is 11.6 Å². The minimum Gasteiger partial charge on any atom is -0.386 e. The predicted molar refractivity (Wildman–Crippen MR) is 103 cm³/mol. The minimum atomic E-state index is -0.630. The van der Waals surface area contributed by atoms with Gasteiger partial charge >= 0.3 is 0 Å². The average Bonchev–Trinajstić information content (AvgIpc) is 2.64. The van der Waals surface area contributed by atoms with Crippen LogP contribution >= 0.6 is 11.6 Å². The van der Waals surface area contributed by atoms with Gasteiger partial charge in [-0.05, 0) is 49.8 Å². The van der Waals surface area contributed by atoms with E-state index in [-0.39, 0.29) is 0 Å². The van der Waals surface area contributed by atoms with Gasteiger partial charge in [0.1, 0.15) is 0 Å². The number of guanidine groups is 1. The highest BCUT2D eigenvalue weighted by atomic mass is 35.5. The highest BCUT2D eigenvalue weighted by Gasteiger charge is 2.16. The summed E-state index contributed by atoms with van der Waals surface area (Å²) in [6.07, 6.45) is 2.81. The fourth-order valence-electron chi connectivity index (χ4n) is 2.95. The van der Waals surface area contributed by atoms with E-state index in [1.807, 2.05) is 12.1 Å². The summed E-state index contributed by atoms with van der Waals surface area (Å²) in [5, 5.41) is 14.3. The van der Waals surface area contributed by atoms with Crippen molar-refractivity contribution in [3.63, 3.8) is 0 Å². The Labute approximate surface area is 156 Å². The summed E-state index contributed by atoms with van der Waals surface area (Å²) in [6, 6.07) is 7.25. The molecular weight excluding hydrogens is 338 g/mol. The Hall–Kier alpha value is -1.30. The maximum Gasteiger partial charge on any atom is 0.193 e. The van der Waals surface area contributed by atoms with Gasteiger partial charge in [-0.3, -0.25) is 4.99 Å². The number of benzene rings is 1. The van der Waals surface area contributed by atoms with Gasteiger partial charge in [0.15, 0.2) is 5.96 Å². The summed E-state index contributed by atoms with van der Waals surface area (Å²) < 4.78 is 5.42. The average molecular weight is 368 g/mol. The first-order chi connectivity index (χ1) is 12.1. The Morgan fingerprint density at radius 1 is 1.36 bits per heavy atom. The third-order valence-corrected chi connectivity index (χ3v) is 4.83. The van der Waals surface area contributed by atoms with Gasteiger partial charge in [0.05, 0.1) is 12.6 Å². The summed E-state index contributed by atoms with van der Waals surface area (Å²) in [5.74, 6) is 1.57. The SMILES string of the molecule is CCNC(=NCC(O)c1ccc(Cl)cc1)N(C)CCC1CCOCC1. The number of hydrogen-bond donors (Lipinski definition) is 2. The molecule has 25 heavy (non-hydrogen) atoms. The third-order valence-electron chi connectivity index (χ3n) is 4.58. The first-order valence-electron chi connectivity index (χ1n) is 9.11. The van der Waals surface area contributed by atoms with E-state index in [0.717, 1.165) is 63.0 Å². The zero-order valence-corrected chi connectivity index (χ0v) is 16.0. The van der Waals surface area contributed by atoms with E-state index in [1.54, 1.807) is 12.1 Å². The van der Waals surface area contributed by atoms with Crippen LogP contribution in [0.3, 0.4) is 0 Å². The van der Waals surface area contributed by atoms with Crippen LogP contribution in [0, 0.1) is 5.92 Å². The van der Waals surface area contributed by atoms with Gasteiger partial charge in [0.25, 0.3) is 0 Å². The summed E-state index contributed by atoms with van der Waals surface area (Å²) in [5.41, 5.74) is 0.828. The number of aliphatic hydroxyl groups is 1. The number of rotatable bonds is 7. The number of nitrogens with one attached hydrogen (secondary N) is 1. The lowest BCUT2D eigenvalue weighted by molar-refractivity contribution is 0.0625. The van der Waals surface area contributed by atoms with E-state index in [2.05, 4.69) is 29.2 Å². The number of ether oxygens (including phenoxy) is 1. The fraction of sp³-hybridized carbons (Fsp3) is 0.632. The van der Waals surface area contributed by atoms with Crippen molar-refractivity contribution in [2.75, 3.05) is 39.9 Å². The molecule has 1 fully saturated rings. The Morgan fingerprint density at radius 3 is 2.68 bits per heavy atom. The lowest BCUT2D eigenvalue weighted by atomic mass is 9.96. The van der Waals surface area contributed by atoms with Crippen LogP contribution in [0.4, 0.5) is 0 Å². The number of aliphatic hydroxyl groups excluding tert-OH is 1. The molecular formula is C19H30ClN3O2. The van der Waals surface area contributed by atoms with Gasteiger partial charge in [0.2, 0.25) is 0 Å². The van der Waals surface area contributed by atoms with Gasteiger partial charge in [-0.25, -0.2) is 0 Å². The Morgan fingerprint density at radius 2 is 2.04 bits per heavy atom. The van der Waals surface area contributed by atoms with Crippen LogP contribution in [0.1, 0.15) is 37.9 Å². The molecule has 0 aliphatic carbocycles. The fourth-order valence-corrected chi connectivity index (χ4v) is 3.08. The molecule has 0 aromatic heterocycles. The molecule has 1 unspecified atom stereocenters. The second kappa shape index (κ2) is 10.6. The third kappa shape index (κ3) is 6.84. The molecule has 0 saturated carbocycles. The molecule has 140 valence electrons. The van der Waals surface area contributed by atoms with Crippen molar-refractivity contribution in [2.45, 2.75) is 32.3 Å². The van der Waals surface area contributed by atoms with Crippen LogP contribution < -0.4 is 5.32 Å². The van der Waals surface area contributed by atoms with Crippen molar-refractivity contribution in [1.29, 1.82) is 0 Å². The number of aliphatic imine (C=N–C) groups is 1. The molecule has 1 heterocycles. The van der Waals surface area contributed by atoms with Crippen molar-refractivity contribution in [3.8, 4) is 0 Å². The zero-order chi connectivity index (χ0) is 18.1. The maximum atomic E-state index is 10.3. The van der Waals surface area contributed by atoms with Crippen LogP contribution in [-0.4, -0.2) is 55.9 Å². The number of halogens is 1. The Bertz CT molecular complexity index is 530. The smallest absolute Gasteiger partial charge is 0.193 e. The second-order valence-electron chi connectivity index (χ2n) is 6.53. The van der Waals surface area contributed by atoms with Crippen LogP contribution in [0.25, 0.3) is 0 Å². The summed E-state index contributed by atoms with van der Waals surface area (Å²) in [6.45, 7) is 5.90. The molecule has 1 atom stereocenters. The van der Waals surface area contributed by atoms with E-state index >= 15 is 0 Å². The van der Waals surface area contributed by atoms with Crippen LogP contribution in [-0.2, 0) is 4.74 Å². The van der Waals surface area contributed by atoms with Crippen LogP contribution in [0.2, 0.25) is 5.02 Å². The van der Waals surface area contributed by atoms with Crippen molar-refractivity contribution in [2.24, 2.45) is 10.9 Å². The van der Waals surface area contributed by atoms with Crippen molar-refractivity contribution in [1.82, 2.24) is 10.2 Å². The molecule has 6 heteroatoms. The summed E-state index contributed by atoms with van der Waals surface area (Å²) in [4.78, 5) is 6.75. The van der Waals surface area contributed by atoms with E-state index in [1.165, 1.54) is 0 Å². The largest absolute Gasteiger partial charge is 0.386 e. The first-order valence-corrected chi connectivity index (χ1v) is 9.48. The maximum absolute atomic E-state index is 10.3. The normalized spacial score (nSPS) is 17.4. The second-order valence-corrected chi connectivity index (χ2v) is 6.96. The van der Waals surface area contributed by atoms with E-state index < -0.39 is 6.10 Å². The molecule has 1 aromatic rings. The van der Waals surface area contributed by atoms with Crippen LogP contribution in [0.5, 0.6) is 0 Å². The molecule has 0 bridgehead atoms. The van der Waals surface area contributed by atoms with E-state index in [9.17, 15) is 5.11 Å². The van der Waals surface area contributed by atoms with Gasteiger partial charge in [0, 0.05) is 38.4 Å². The first kappa shape index (κ1) is 20.0. The van der Waals surface area contributed by atoms with Crippen molar-refractivity contribution < 1.29 is 9.84 Å². The lowest BCUT2D eigenvalue weighted by Gasteiger charge is -2.27. The van der Waals surface area contributed by atoms with Crippen molar-refractivity contribution in [3.05, 3.63) is 34.9 Å². The Balaban J connectivity index is 1.88. The Kier molecular flexibility index (Phi) is 8.52. The molecule has 0 radical (unpaired) electrons. The van der Waals surface area contributed by atoms with Gasteiger partial charge < -0.3 is 20.1 Å². The minimum absolute atomic E-state index is 0.325. The highest BCUT2D eigenvalue weighted by molar-refractivity contribution is 6.30. The molecule has 2 rings (SSSR count). The van der Waals surface area contributed by atoms with Gasteiger partial charge in [-0.15, -0.1) is 0 Å². The summed E-state index contributed by atoms with van der Waals surface area (Å²) >= 11 is 5.89. The highest BCUT2D eigenvalue weighted by Crippen LogP contribution is 2.19. The number of nitrogens with zero attached hydrogens (tertiary/aromatic N) is 2. The molecule has 1 saturated heterocycles. The lowest BCUT2D eigenvalue weighted by Crippen LogP contribution is -2.40. The monoisotopic (exact) mass is 367 g/mol. The number of hydrogen-bond acceptors (Lipinski definition) is 3. The molecule has 5 nitrogen and oxygen atoms in total. The topological polar surface area (TPSA) is 57.1 Å². The molecule has 1 aliphatic heterocycles.